The van der Waals surface area contributed by atoms with Crippen LogP contribution in [0.1, 0.15) is 136 Å². The van der Waals surface area contributed by atoms with Gasteiger partial charge in [-0.25, -0.2) is 0 Å². The number of carbonyl (C=O) groups is 3. The van der Waals surface area contributed by atoms with E-state index in [1.807, 2.05) is 6.08 Å². The average Bonchev–Trinajstić information content (AvgIpc) is 2.89. The second kappa shape index (κ2) is 27.7. The number of aliphatic carboxylic acids is 1. The Balaban J connectivity index is 4.32. The van der Waals surface area contributed by atoms with Gasteiger partial charge in [0.2, 0.25) is 5.91 Å². The molecule has 0 bridgehead atoms. The molecule has 0 saturated heterocycles. The van der Waals surface area contributed by atoms with Crippen molar-refractivity contribution >= 4 is 17.8 Å². The molecule has 0 heterocycles. The van der Waals surface area contributed by atoms with Crippen molar-refractivity contribution in [1.29, 1.82) is 0 Å². The van der Waals surface area contributed by atoms with E-state index in [1.54, 1.807) is 0 Å². The quantitative estimate of drug-likeness (QED) is 0.0664. The lowest BCUT2D eigenvalue weighted by Gasteiger charge is -2.14. The van der Waals surface area contributed by atoms with Crippen LogP contribution in [0.2, 0.25) is 0 Å². The van der Waals surface area contributed by atoms with Gasteiger partial charge in [-0.15, -0.1) is 0 Å². The summed E-state index contributed by atoms with van der Waals surface area (Å²) in [7, 11) is 0. The number of hydrogen-bond acceptors (Lipinski definition) is 4. The fourth-order valence-corrected chi connectivity index (χ4v) is 4.09. The lowest BCUT2D eigenvalue weighted by atomic mass is 10.1. The molecule has 0 fully saturated rings. The Morgan fingerprint density at radius 1 is 0.711 bits per heavy atom. The predicted molar refractivity (Wildman–Crippen MR) is 157 cm³/mol. The van der Waals surface area contributed by atoms with Crippen molar-refractivity contribution in [3.8, 4) is 0 Å². The first-order valence-corrected chi connectivity index (χ1v) is 15.1. The molecule has 0 aromatic rings. The van der Waals surface area contributed by atoms with Crippen LogP contribution in [0.25, 0.3) is 0 Å². The Morgan fingerprint density at radius 2 is 1.26 bits per heavy atom. The van der Waals surface area contributed by atoms with Crippen molar-refractivity contribution in [1.82, 2.24) is 5.32 Å². The van der Waals surface area contributed by atoms with E-state index in [4.69, 9.17) is 9.84 Å². The van der Waals surface area contributed by atoms with Crippen molar-refractivity contribution < 1.29 is 24.2 Å². The third kappa shape index (κ3) is 26.7. The number of unbranched alkanes of at least 4 members (excludes halogenated alkanes) is 11. The largest absolute Gasteiger partial charge is 0.480 e. The van der Waals surface area contributed by atoms with Crippen molar-refractivity contribution in [3.05, 3.63) is 36.5 Å². The molecular weight excluding hydrogens is 478 g/mol. The number of carboxylic acid groups (broad SMARTS) is 1. The Bertz CT molecular complexity index is 683. The second-order valence-corrected chi connectivity index (χ2v) is 9.98. The Kier molecular flexibility index (Phi) is 25.9. The zero-order chi connectivity index (χ0) is 28.1. The maximum atomic E-state index is 12.5. The number of carboxylic acids is 1. The van der Waals surface area contributed by atoms with Crippen LogP contribution in [0.3, 0.4) is 0 Å². The maximum absolute atomic E-state index is 12.5. The minimum atomic E-state index is -1.03. The highest BCUT2D eigenvalue weighted by Gasteiger charge is 2.11. The predicted octanol–water partition coefficient (Wildman–Crippen LogP) is 8.22. The van der Waals surface area contributed by atoms with Crippen LogP contribution >= 0.6 is 0 Å². The standard InChI is InChI=1S/C32H55NO5/c1-3-5-7-9-11-13-15-17-23-27-32(37)38-29(24-20-16-14-12-10-8-6-4-2)25-21-18-19-22-26-30(34)33-28-31(35)36/h6,8,12,14,20,24,29H,3-5,7,9-11,13,15-19,21-23,25-28H2,1-2H3,(H,33,34)(H,35,36)/b8-6-,14-12-,24-20-. The summed E-state index contributed by atoms with van der Waals surface area (Å²) in [5.41, 5.74) is 0. The molecule has 0 spiro atoms. The molecule has 0 aliphatic rings. The van der Waals surface area contributed by atoms with Crippen molar-refractivity contribution in [2.45, 2.75) is 142 Å². The zero-order valence-corrected chi connectivity index (χ0v) is 24.3. The molecule has 2 N–H and O–H groups in total. The summed E-state index contributed by atoms with van der Waals surface area (Å²) in [5, 5.41) is 11.0. The Hall–Kier alpha value is -2.37. The third-order valence-corrected chi connectivity index (χ3v) is 6.31. The maximum Gasteiger partial charge on any atom is 0.322 e. The van der Waals surface area contributed by atoms with E-state index in [1.165, 1.54) is 44.9 Å². The van der Waals surface area contributed by atoms with Crippen LogP contribution in [0, 0.1) is 0 Å². The highest BCUT2D eigenvalue weighted by molar-refractivity contribution is 5.80. The van der Waals surface area contributed by atoms with Gasteiger partial charge in [-0.3, -0.25) is 14.4 Å². The summed E-state index contributed by atoms with van der Waals surface area (Å²) in [6, 6.07) is 0. The first-order chi connectivity index (χ1) is 18.5. The minimum Gasteiger partial charge on any atom is -0.480 e. The number of ether oxygens (including phenoxy) is 1. The Morgan fingerprint density at radius 3 is 1.89 bits per heavy atom. The molecule has 0 rings (SSSR count). The van der Waals surface area contributed by atoms with E-state index in [9.17, 15) is 14.4 Å². The fraction of sp³-hybridized carbons (Fsp3) is 0.719. The molecule has 1 amide bonds. The van der Waals surface area contributed by atoms with E-state index in [2.05, 4.69) is 49.5 Å². The number of esters is 1. The van der Waals surface area contributed by atoms with Crippen LogP contribution in [-0.2, 0) is 19.1 Å². The molecular formula is C32H55NO5. The number of hydrogen-bond donors (Lipinski definition) is 2. The number of nitrogens with one attached hydrogen (secondary N) is 1. The van der Waals surface area contributed by atoms with Gasteiger partial charge in [0, 0.05) is 12.8 Å². The second-order valence-electron chi connectivity index (χ2n) is 9.98. The zero-order valence-electron chi connectivity index (χ0n) is 24.3. The van der Waals surface area contributed by atoms with Crippen LogP contribution in [0.4, 0.5) is 0 Å². The van der Waals surface area contributed by atoms with Crippen LogP contribution in [0.5, 0.6) is 0 Å². The normalized spacial score (nSPS) is 12.5. The molecule has 0 aliphatic heterocycles. The monoisotopic (exact) mass is 533 g/mol. The lowest BCUT2D eigenvalue weighted by Crippen LogP contribution is -2.28. The summed E-state index contributed by atoms with van der Waals surface area (Å²) in [4.78, 5) is 34.6. The summed E-state index contributed by atoms with van der Waals surface area (Å²) in [6.07, 6.45) is 31.3. The summed E-state index contributed by atoms with van der Waals surface area (Å²) >= 11 is 0. The van der Waals surface area contributed by atoms with E-state index in [0.717, 1.165) is 64.2 Å². The molecule has 0 aliphatic carbocycles. The first kappa shape index (κ1) is 35.6. The van der Waals surface area contributed by atoms with Gasteiger partial charge >= 0.3 is 11.9 Å². The van der Waals surface area contributed by atoms with Crippen LogP contribution in [-0.4, -0.2) is 35.6 Å². The molecule has 0 aromatic carbocycles. The van der Waals surface area contributed by atoms with E-state index < -0.39 is 5.97 Å². The number of carbonyl (C=O) groups excluding carboxylic acids is 2. The topological polar surface area (TPSA) is 92.7 Å². The van der Waals surface area contributed by atoms with Gasteiger partial charge in [0.25, 0.3) is 0 Å². The van der Waals surface area contributed by atoms with Gasteiger partial charge in [0.15, 0.2) is 0 Å². The number of rotatable bonds is 26. The number of amides is 1. The highest BCUT2D eigenvalue weighted by atomic mass is 16.5. The number of allylic oxidation sites excluding steroid dienone is 5. The van der Waals surface area contributed by atoms with Gasteiger partial charge in [-0.05, 0) is 51.0 Å². The fourth-order valence-electron chi connectivity index (χ4n) is 4.09. The smallest absolute Gasteiger partial charge is 0.322 e. The summed E-state index contributed by atoms with van der Waals surface area (Å²) in [6.45, 7) is 4.03. The van der Waals surface area contributed by atoms with Crippen LogP contribution in [0.15, 0.2) is 36.5 Å². The van der Waals surface area contributed by atoms with Crippen molar-refractivity contribution in [2.75, 3.05) is 6.54 Å². The SMILES string of the molecule is CC/C=C\C/C=C\C/C=C\C(CCCCCCC(=O)NCC(=O)O)OC(=O)CCCCCCCCCCC. The highest BCUT2D eigenvalue weighted by Crippen LogP contribution is 2.14. The van der Waals surface area contributed by atoms with Gasteiger partial charge < -0.3 is 15.2 Å². The molecule has 1 unspecified atom stereocenters. The molecule has 38 heavy (non-hydrogen) atoms. The average molecular weight is 534 g/mol. The van der Waals surface area contributed by atoms with Gasteiger partial charge in [0.05, 0.1) is 0 Å². The van der Waals surface area contributed by atoms with Crippen molar-refractivity contribution in [2.24, 2.45) is 0 Å². The molecule has 0 radical (unpaired) electrons. The van der Waals surface area contributed by atoms with E-state index in [-0.39, 0.29) is 24.5 Å². The Labute approximate surface area is 232 Å². The molecule has 0 aromatic heterocycles. The minimum absolute atomic E-state index is 0.113. The molecule has 1 atom stereocenters. The van der Waals surface area contributed by atoms with E-state index in [0.29, 0.717) is 12.8 Å². The molecule has 0 saturated carbocycles. The van der Waals surface area contributed by atoms with Crippen LogP contribution < -0.4 is 5.32 Å². The van der Waals surface area contributed by atoms with Gasteiger partial charge in [-0.1, -0.05) is 108 Å². The summed E-state index contributed by atoms with van der Waals surface area (Å²) < 4.78 is 5.80. The lowest BCUT2D eigenvalue weighted by molar-refractivity contribution is -0.147. The third-order valence-electron chi connectivity index (χ3n) is 6.31. The first-order valence-electron chi connectivity index (χ1n) is 15.1. The van der Waals surface area contributed by atoms with Gasteiger partial charge in [0.1, 0.15) is 12.6 Å². The van der Waals surface area contributed by atoms with E-state index >= 15 is 0 Å². The van der Waals surface area contributed by atoms with Gasteiger partial charge in [-0.2, -0.15) is 0 Å². The summed E-state index contributed by atoms with van der Waals surface area (Å²) in [5.74, 6) is -1.37. The molecule has 218 valence electrons. The molecule has 6 nitrogen and oxygen atoms in total. The molecule has 6 heteroatoms. The van der Waals surface area contributed by atoms with Crippen molar-refractivity contribution in [3.63, 3.8) is 0 Å².